The fourth-order valence-corrected chi connectivity index (χ4v) is 6.12. The summed E-state index contributed by atoms with van der Waals surface area (Å²) in [4.78, 5) is 13.8. The number of carbonyl (C=O) groups is 1. The number of halogens is 3. The molecule has 0 saturated carbocycles. The summed E-state index contributed by atoms with van der Waals surface area (Å²) in [5.74, 6) is 0.882. The molecule has 2 aromatic carbocycles. The van der Waals surface area contributed by atoms with Crippen molar-refractivity contribution in [3.05, 3.63) is 75.6 Å². The Morgan fingerprint density at radius 1 is 1.18 bits per heavy atom. The Labute approximate surface area is 224 Å². The number of nitrogens with zero attached hydrogens (tertiary/aromatic N) is 3. The van der Waals surface area contributed by atoms with Crippen molar-refractivity contribution in [1.82, 2.24) is 14.7 Å². The first kappa shape index (κ1) is 25.7. The molecule has 1 aromatic heterocycles. The molecule has 3 heterocycles. The second-order valence-corrected chi connectivity index (χ2v) is 10.5. The Morgan fingerprint density at radius 3 is 2.79 bits per heavy atom. The molecule has 0 radical (unpaired) electrons. The highest BCUT2D eigenvalue weighted by molar-refractivity contribution is 5.71. The van der Waals surface area contributed by atoms with Crippen molar-refractivity contribution in [2.24, 2.45) is 7.05 Å². The van der Waals surface area contributed by atoms with E-state index < -0.39 is 11.7 Å². The fraction of sp³-hybridized carbons (Fsp3) is 0.448. The van der Waals surface area contributed by atoms with Crippen LogP contribution < -0.4 is 9.47 Å². The molecular formula is C29H30F3N3O4. The number of benzene rings is 2. The molecule has 0 saturated heterocycles. The van der Waals surface area contributed by atoms with Crippen LogP contribution >= 0.6 is 0 Å². The number of rotatable bonds is 6. The molecule has 7 nitrogen and oxygen atoms in total. The predicted octanol–water partition coefficient (Wildman–Crippen LogP) is 5.10. The van der Waals surface area contributed by atoms with Crippen molar-refractivity contribution in [2.45, 2.75) is 57.0 Å². The van der Waals surface area contributed by atoms with Gasteiger partial charge in [-0.2, -0.15) is 18.3 Å². The molecule has 1 unspecified atom stereocenters. The molecule has 0 fully saturated rings. The van der Waals surface area contributed by atoms with E-state index in [2.05, 4.69) is 10.00 Å². The highest BCUT2D eigenvalue weighted by atomic mass is 19.4. The van der Waals surface area contributed by atoms with Crippen molar-refractivity contribution in [3.8, 4) is 11.5 Å². The molecule has 0 amide bonds. The Morgan fingerprint density at radius 2 is 2.00 bits per heavy atom. The number of aromatic nitrogens is 2. The van der Waals surface area contributed by atoms with Crippen LogP contribution in [-0.2, 0) is 48.7 Å². The number of alkyl halides is 3. The van der Waals surface area contributed by atoms with Crippen molar-refractivity contribution in [1.29, 1.82) is 0 Å². The molecule has 0 bridgehead atoms. The third-order valence-corrected chi connectivity index (χ3v) is 7.99. The first-order valence-corrected chi connectivity index (χ1v) is 13.2. The lowest BCUT2D eigenvalue weighted by Crippen LogP contribution is -2.31. The Hall–Kier alpha value is -3.53. The lowest BCUT2D eigenvalue weighted by atomic mass is 9.95. The quantitative estimate of drug-likeness (QED) is 0.405. The third-order valence-electron chi connectivity index (χ3n) is 7.99. The summed E-state index contributed by atoms with van der Waals surface area (Å²) in [5.41, 5.74) is 4.34. The number of hydrogen-bond acceptors (Lipinski definition) is 6. The van der Waals surface area contributed by atoms with E-state index in [1.165, 1.54) is 13.2 Å². The summed E-state index contributed by atoms with van der Waals surface area (Å²) >= 11 is 0. The van der Waals surface area contributed by atoms with Crippen LogP contribution in [0, 0.1) is 0 Å². The van der Waals surface area contributed by atoms with Crippen LogP contribution in [0.25, 0.3) is 0 Å². The lowest BCUT2D eigenvalue weighted by molar-refractivity contribution is -0.141. The number of carbonyl (C=O) groups excluding carboxylic acids is 1. The van der Waals surface area contributed by atoms with Crippen LogP contribution in [0.1, 0.15) is 63.9 Å². The number of ether oxygens (including phenoxy) is 3. The average Bonchev–Trinajstić information content (AvgIpc) is 3.59. The molecule has 39 heavy (non-hydrogen) atoms. The number of esters is 1. The molecule has 10 heteroatoms. The highest BCUT2D eigenvalue weighted by Gasteiger charge is 2.38. The lowest BCUT2D eigenvalue weighted by Gasteiger charge is -2.28. The molecule has 0 N–H and O–H groups in total. The molecule has 0 spiro atoms. The minimum Gasteiger partial charge on any atom is -0.492 e. The van der Waals surface area contributed by atoms with Crippen molar-refractivity contribution >= 4 is 5.97 Å². The third kappa shape index (κ3) is 4.97. The van der Waals surface area contributed by atoms with Crippen molar-refractivity contribution < 1.29 is 32.2 Å². The number of methoxy groups -OCH3 is 1. The fourth-order valence-electron chi connectivity index (χ4n) is 6.12. The average molecular weight is 542 g/mol. The Bertz CT molecular complexity index is 1420. The number of hydrogen-bond donors (Lipinski definition) is 0. The van der Waals surface area contributed by atoms with Gasteiger partial charge in [0.05, 0.1) is 31.4 Å². The topological polar surface area (TPSA) is 65.8 Å². The summed E-state index contributed by atoms with van der Waals surface area (Å²) in [7, 11) is 3.23. The van der Waals surface area contributed by atoms with Crippen LogP contribution in [0.2, 0.25) is 0 Å². The second-order valence-electron chi connectivity index (χ2n) is 10.5. The van der Waals surface area contributed by atoms with Gasteiger partial charge in [0.1, 0.15) is 17.6 Å². The van der Waals surface area contributed by atoms with E-state index in [0.717, 1.165) is 34.4 Å². The molecule has 3 aromatic rings. The minimum absolute atomic E-state index is 0.0745. The SMILES string of the molecule is COC(=O)CC1COc2cc(O[C@@H]3CCc4c3ccc(C(F)(F)F)c4CN3CCc4nn(C)cc4C3)ccc21. The van der Waals surface area contributed by atoms with Crippen LogP contribution in [0.4, 0.5) is 13.2 Å². The Balaban J connectivity index is 1.24. The molecule has 3 aliphatic rings. The summed E-state index contributed by atoms with van der Waals surface area (Å²) in [5, 5.41) is 4.46. The molecule has 6 rings (SSSR count). The summed E-state index contributed by atoms with van der Waals surface area (Å²) in [6.45, 7) is 1.86. The van der Waals surface area contributed by atoms with Gasteiger partial charge in [-0.3, -0.25) is 14.4 Å². The van der Waals surface area contributed by atoms with E-state index in [1.54, 1.807) is 16.8 Å². The molecule has 1 aliphatic carbocycles. The van der Waals surface area contributed by atoms with E-state index in [1.807, 2.05) is 25.4 Å². The first-order valence-electron chi connectivity index (χ1n) is 13.2. The van der Waals surface area contributed by atoms with Gasteiger partial charge in [0, 0.05) is 62.4 Å². The Kier molecular flexibility index (Phi) is 6.53. The molecule has 206 valence electrons. The van der Waals surface area contributed by atoms with E-state index in [4.69, 9.17) is 14.2 Å². The van der Waals surface area contributed by atoms with Gasteiger partial charge in [0.2, 0.25) is 0 Å². The van der Waals surface area contributed by atoms with Gasteiger partial charge in [-0.15, -0.1) is 0 Å². The summed E-state index contributed by atoms with van der Waals surface area (Å²) in [6.07, 6.45) is -0.757. The van der Waals surface area contributed by atoms with Gasteiger partial charge in [-0.05, 0) is 41.7 Å². The van der Waals surface area contributed by atoms with Gasteiger partial charge in [0.25, 0.3) is 0 Å². The van der Waals surface area contributed by atoms with Crippen molar-refractivity contribution in [3.63, 3.8) is 0 Å². The van der Waals surface area contributed by atoms with Gasteiger partial charge < -0.3 is 14.2 Å². The number of fused-ring (bicyclic) bond motifs is 3. The zero-order chi connectivity index (χ0) is 27.3. The van der Waals surface area contributed by atoms with Crippen LogP contribution in [0.3, 0.4) is 0 Å². The number of aryl methyl sites for hydroxylation is 1. The van der Waals surface area contributed by atoms with E-state index >= 15 is 0 Å². The summed E-state index contributed by atoms with van der Waals surface area (Å²) in [6, 6.07) is 8.31. The normalized spacial score (nSPS) is 20.2. The second kappa shape index (κ2) is 9.89. The maximum absolute atomic E-state index is 14.1. The monoisotopic (exact) mass is 541 g/mol. The van der Waals surface area contributed by atoms with Gasteiger partial charge in [-0.1, -0.05) is 12.1 Å². The maximum atomic E-state index is 14.1. The molecule has 2 atom stereocenters. The maximum Gasteiger partial charge on any atom is 0.416 e. The van der Waals surface area contributed by atoms with Gasteiger partial charge >= 0.3 is 12.1 Å². The van der Waals surface area contributed by atoms with Crippen LogP contribution in [-0.4, -0.2) is 40.9 Å². The van der Waals surface area contributed by atoms with Gasteiger partial charge in [0.15, 0.2) is 0 Å². The highest BCUT2D eigenvalue weighted by Crippen LogP contribution is 2.44. The zero-order valence-electron chi connectivity index (χ0n) is 21.9. The van der Waals surface area contributed by atoms with Crippen LogP contribution in [0.15, 0.2) is 36.5 Å². The van der Waals surface area contributed by atoms with E-state index in [9.17, 15) is 18.0 Å². The molecule has 2 aliphatic heterocycles. The zero-order valence-corrected chi connectivity index (χ0v) is 21.9. The van der Waals surface area contributed by atoms with E-state index in [0.29, 0.717) is 49.6 Å². The minimum atomic E-state index is -4.43. The standard InChI is InChI=1S/C29H30F3N3O4/c1-34-13-18-14-35(10-9-25(18)33-34)15-23-21-6-8-26(22(21)5-7-24(23)29(30,31)32)39-19-3-4-20-17(11-28(36)37-2)16-38-27(20)12-19/h3-5,7,12-13,17,26H,6,8-11,14-16H2,1-2H3/t17?,26-/m1/s1. The van der Waals surface area contributed by atoms with E-state index in [-0.39, 0.29) is 31.0 Å². The first-order chi connectivity index (χ1) is 18.7. The van der Waals surface area contributed by atoms with Crippen LogP contribution in [0.5, 0.6) is 11.5 Å². The smallest absolute Gasteiger partial charge is 0.416 e. The largest absolute Gasteiger partial charge is 0.492 e. The van der Waals surface area contributed by atoms with Crippen molar-refractivity contribution in [2.75, 3.05) is 20.3 Å². The predicted molar refractivity (Wildman–Crippen MR) is 135 cm³/mol. The molecular weight excluding hydrogens is 511 g/mol. The van der Waals surface area contributed by atoms with Gasteiger partial charge in [-0.25, -0.2) is 0 Å². The summed E-state index contributed by atoms with van der Waals surface area (Å²) < 4.78 is 61.0.